The second-order valence-electron chi connectivity index (χ2n) is 4.18. The predicted molar refractivity (Wildman–Crippen MR) is 67.7 cm³/mol. The summed E-state index contributed by atoms with van der Waals surface area (Å²) in [5.41, 5.74) is 1.65. The smallest absolute Gasteiger partial charge is 0.165 e. The van der Waals surface area contributed by atoms with Crippen molar-refractivity contribution in [3.8, 4) is 17.1 Å². The zero-order valence-electron chi connectivity index (χ0n) is 10.2. The van der Waals surface area contributed by atoms with E-state index in [0.717, 1.165) is 24.8 Å². The Balaban J connectivity index is 2.20. The van der Waals surface area contributed by atoms with E-state index < -0.39 is 5.82 Å². The number of nitrogens with zero attached hydrogens (tertiary/aromatic N) is 2. The van der Waals surface area contributed by atoms with Gasteiger partial charge in [0, 0.05) is 18.0 Å². The van der Waals surface area contributed by atoms with Crippen molar-refractivity contribution in [1.29, 1.82) is 0 Å². The minimum absolute atomic E-state index is 0.363. The Labute approximate surface area is 105 Å². The van der Waals surface area contributed by atoms with Crippen LogP contribution in [0.25, 0.3) is 11.4 Å². The molecule has 0 fully saturated rings. The Bertz CT molecular complexity index is 526. The van der Waals surface area contributed by atoms with Gasteiger partial charge in [-0.05, 0) is 36.6 Å². The Morgan fingerprint density at radius 1 is 1.22 bits per heavy atom. The van der Waals surface area contributed by atoms with Crippen LogP contribution in [0.3, 0.4) is 0 Å². The molecule has 1 aromatic heterocycles. The number of unbranched alkanes of at least 4 members (excludes halogenated alkanes) is 1. The largest absolute Gasteiger partial charge is 0.505 e. The minimum Gasteiger partial charge on any atom is -0.505 e. The molecule has 0 aliphatic heterocycles. The van der Waals surface area contributed by atoms with E-state index in [4.69, 9.17) is 5.11 Å². The van der Waals surface area contributed by atoms with Gasteiger partial charge in [0.1, 0.15) is 0 Å². The molecule has 18 heavy (non-hydrogen) atoms. The Morgan fingerprint density at radius 3 is 2.56 bits per heavy atom. The first-order valence-electron chi connectivity index (χ1n) is 6.00. The van der Waals surface area contributed by atoms with Crippen molar-refractivity contribution in [1.82, 2.24) is 9.97 Å². The first-order chi connectivity index (χ1) is 8.70. The highest BCUT2D eigenvalue weighted by molar-refractivity contribution is 5.56. The third-order valence-corrected chi connectivity index (χ3v) is 2.73. The lowest BCUT2D eigenvalue weighted by molar-refractivity contribution is 0.432. The third kappa shape index (κ3) is 2.83. The molecule has 0 aliphatic carbocycles. The monoisotopic (exact) mass is 246 g/mol. The van der Waals surface area contributed by atoms with Gasteiger partial charge in [-0.2, -0.15) is 0 Å². The van der Waals surface area contributed by atoms with Crippen LogP contribution in [-0.2, 0) is 6.42 Å². The first-order valence-corrected chi connectivity index (χ1v) is 6.00. The molecular formula is C14H15FN2O. The first kappa shape index (κ1) is 12.5. The number of hydrogen-bond acceptors (Lipinski definition) is 3. The number of benzene rings is 1. The van der Waals surface area contributed by atoms with Crippen LogP contribution in [0.15, 0.2) is 30.6 Å². The van der Waals surface area contributed by atoms with Crippen molar-refractivity contribution in [2.45, 2.75) is 26.2 Å². The Morgan fingerprint density at radius 2 is 1.94 bits per heavy atom. The zero-order valence-corrected chi connectivity index (χ0v) is 10.2. The molecule has 0 spiro atoms. The summed E-state index contributed by atoms with van der Waals surface area (Å²) in [6.07, 6.45) is 6.73. The van der Waals surface area contributed by atoms with Gasteiger partial charge >= 0.3 is 0 Å². The quantitative estimate of drug-likeness (QED) is 0.900. The van der Waals surface area contributed by atoms with Crippen molar-refractivity contribution in [3.63, 3.8) is 0 Å². The summed E-state index contributed by atoms with van der Waals surface area (Å²) < 4.78 is 13.2. The lowest BCUT2D eigenvalue weighted by Crippen LogP contribution is -1.93. The van der Waals surface area contributed by atoms with Crippen molar-refractivity contribution in [2.75, 3.05) is 0 Å². The van der Waals surface area contributed by atoms with Crippen molar-refractivity contribution in [3.05, 3.63) is 42.0 Å². The molecule has 94 valence electrons. The van der Waals surface area contributed by atoms with Crippen LogP contribution in [0.5, 0.6) is 5.75 Å². The van der Waals surface area contributed by atoms with Crippen LogP contribution >= 0.6 is 0 Å². The summed E-state index contributed by atoms with van der Waals surface area (Å²) >= 11 is 0. The van der Waals surface area contributed by atoms with E-state index in [0.29, 0.717) is 11.4 Å². The van der Waals surface area contributed by atoms with Gasteiger partial charge < -0.3 is 5.11 Å². The number of aromatic hydroxyl groups is 1. The average Bonchev–Trinajstić information content (AvgIpc) is 2.40. The van der Waals surface area contributed by atoms with E-state index in [2.05, 4.69) is 16.9 Å². The van der Waals surface area contributed by atoms with E-state index in [1.165, 1.54) is 12.1 Å². The van der Waals surface area contributed by atoms with Gasteiger partial charge in [-0.15, -0.1) is 0 Å². The molecular weight excluding hydrogens is 231 g/mol. The zero-order chi connectivity index (χ0) is 13.0. The van der Waals surface area contributed by atoms with E-state index in [1.54, 1.807) is 18.5 Å². The second kappa shape index (κ2) is 5.58. The highest BCUT2D eigenvalue weighted by Crippen LogP contribution is 2.22. The summed E-state index contributed by atoms with van der Waals surface area (Å²) in [5.74, 6) is -0.557. The molecule has 0 unspecified atom stereocenters. The van der Waals surface area contributed by atoms with Crippen LogP contribution in [0.4, 0.5) is 4.39 Å². The summed E-state index contributed by atoms with van der Waals surface area (Å²) in [5, 5.41) is 9.12. The molecule has 4 heteroatoms. The summed E-state index contributed by atoms with van der Waals surface area (Å²) in [6.45, 7) is 2.13. The molecule has 0 bridgehead atoms. The lowest BCUT2D eigenvalue weighted by Gasteiger charge is -2.03. The molecule has 0 aliphatic rings. The Kier molecular flexibility index (Phi) is 3.87. The molecule has 0 radical (unpaired) electrons. The van der Waals surface area contributed by atoms with Crippen molar-refractivity contribution >= 4 is 0 Å². The number of aromatic nitrogens is 2. The summed E-state index contributed by atoms with van der Waals surface area (Å²) in [4.78, 5) is 8.43. The fourth-order valence-electron chi connectivity index (χ4n) is 1.66. The average molecular weight is 246 g/mol. The maximum absolute atomic E-state index is 13.2. The Hall–Kier alpha value is -1.97. The van der Waals surface area contributed by atoms with Gasteiger partial charge in [-0.25, -0.2) is 14.4 Å². The van der Waals surface area contributed by atoms with Crippen LogP contribution in [-0.4, -0.2) is 15.1 Å². The molecule has 1 N–H and O–H groups in total. The number of phenolic OH excluding ortho intramolecular Hbond substituents is 1. The van der Waals surface area contributed by atoms with Crippen LogP contribution in [0.2, 0.25) is 0 Å². The fraction of sp³-hybridized carbons (Fsp3) is 0.286. The third-order valence-electron chi connectivity index (χ3n) is 2.73. The van der Waals surface area contributed by atoms with Gasteiger partial charge in [-0.3, -0.25) is 0 Å². The number of phenols is 1. The lowest BCUT2D eigenvalue weighted by atomic mass is 10.1. The summed E-state index contributed by atoms with van der Waals surface area (Å²) in [7, 11) is 0. The minimum atomic E-state index is -0.661. The molecule has 3 nitrogen and oxygen atoms in total. The van der Waals surface area contributed by atoms with Gasteiger partial charge in [0.05, 0.1) is 0 Å². The maximum atomic E-state index is 13.2. The normalized spacial score (nSPS) is 10.6. The second-order valence-corrected chi connectivity index (χ2v) is 4.18. The molecule has 2 aromatic rings. The predicted octanol–water partition coefficient (Wildman–Crippen LogP) is 3.33. The number of rotatable bonds is 4. The number of hydrogen-bond donors (Lipinski definition) is 1. The highest BCUT2D eigenvalue weighted by atomic mass is 19.1. The van der Waals surface area contributed by atoms with Gasteiger partial charge in [0.2, 0.25) is 0 Å². The van der Waals surface area contributed by atoms with Gasteiger partial charge in [-0.1, -0.05) is 13.3 Å². The number of aryl methyl sites for hydroxylation is 1. The molecule has 0 atom stereocenters. The van der Waals surface area contributed by atoms with Crippen LogP contribution in [0.1, 0.15) is 25.3 Å². The molecule has 0 saturated heterocycles. The van der Waals surface area contributed by atoms with Crippen molar-refractivity contribution < 1.29 is 9.50 Å². The topological polar surface area (TPSA) is 46.0 Å². The SMILES string of the molecule is CCCCc1cnc(-c2ccc(O)c(F)c2)nc1. The molecule has 0 amide bonds. The van der Waals surface area contributed by atoms with E-state index in [-0.39, 0.29) is 5.75 Å². The highest BCUT2D eigenvalue weighted by Gasteiger charge is 2.06. The van der Waals surface area contributed by atoms with Gasteiger partial charge in [0.15, 0.2) is 17.4 Å². The molecule has 1 heterocycles. The van der Waals surface area contributed by atoms with Crippen LogP contribution < -0.4 is 0 Å². The fourth-order valence-corrected chi connectivity index (χ4v) is 1.66. The molecule has 1 aromatic carbocycles. The summed E-state index contributed by atoms with van der Waals surface area (Å²) in [6, 6.07) is 4.13. The van der Waals surface area contributed by atoms with E-state index in [1.807, 2.05) is 0 Å². The van der Waals surface area contributed by atoms with E-state index >= 15 is 0 Å². The number of halogens is 1. The van der Waals surface area contributed by atoms with Crippen LogP contribution in [0, 0.1) is 5.82 Å². The maximum Gasteiger partial charge on any atom is 0.165 e. The molecule has 2 rings (SSSR count). The van der Waals surface area contributed by atoms with Gasteiger partial charge in [0.25, 0.3) is 0 Å². The van der Waals surface area contributed by atoms with E-state index in [9.17, 15) is 4.39 Å². The van der Waals surface area contributed by atoms with Crippen molar-refractivity contribution in [2.24, 2.45) is 0 Å². The standard InChI is InChI=1S/C14H15FN2O/c1-2-3-4-10-8-16-14(17-9-10)11-5-6-13(18)12(15)7-11/h5-9,18H,2-4H2,1H3. The molecule has 0 saturated carbocycles.